The zero-order valence-corrected chi connectivity index (χ0v) is 16.5. The summed E-state index contributed by atoms with van der Waals surface area (Å²) in [5.74, 6) is -0.156. The Labute approximate surface area is 161 Å². The fraction of sp³-hybridized carbons (Fsp3) is 0.409. The van der Waals surface area contributed by atoms with Gasteiger partial charge in [0.1, 0.15) is 0 Å². The van der Waals surface area contributed by atoms with Crippen LogP contribution in [0, 0.1) is 5.41 Å². The Morgan fingerprint density at radius 2 is 1.85 bits per heavy atom. The molecule has 1 atom stereocenters. The number of amides is 1. The lowest BCUT2D eigenvalue weighted by atomic mass is 9.96. The minimum Gasteiger partial charge on any atom is -0.397 e. The molecule has 3 rings (SSSR count). The first-order valence-electron chi connectivity index (χ1n) is 9.55. The zero-order chi connectivity index (χ0) is 19.4. The highest BCUT2D eigenvalue weighted by atomic mass is 16.1. The van der Waals surface area contributed by atoms with Gasteiger partial charge in [-0.2, -0.15) is 0 Å². The fourth-order valence-electron chi connectivity index (χ4n) is 3.52. The summed E-state index contributed by atoms with van der Waals surface area (Å²) in [7, 11) is 0. The van der Waals surface area contributed by atoms with Crippen molar-refractivity contribution in [3.8, 4) is 0 Å². The van der Waals surface area contributed by atoms with Gasteiger partial charge in [-0.15, -0.1) is 0 Å². The second-order valence-electron chi connectivity index (χ2n) is 8.54. The highest BCUT2D eigenvalue weighted by Crippen LogP contribution is 2.22. The maximum absolute atomic E-state index is 12.4. The number of nitrogen functional groups attached to an aromatic ring is 1. The molecular formula is C22H30N4O. The van der Waals surface area contributed by atoms with Crippen molar-refractivity contribution >= 4 is 23.0 Å². The molecule has 2 aromatic rings. The number of benzene rings is 2. The number of nitrogens with one attached hydrogen (secondary N) is 2. The minimum atomic E-state index is -0.156. The van der Waals surface area contributed by atoms with Gasteiger partial charge in [0.15, 0.2) is 0 Å². The largest absolute Gasteiger partial charge is 0.397 e. The van der Waals surface area contributed by atoms with E-state index in [9.17, 15) is 4.79 Å². The summed E-state index contributed by atoms with van der Waals surface area (Å²) < 4.78 is 0. The van der Waals surface area contributed by atoms with E-state index >= 15 is 0 Å². The summed E-state index contributed by atoms with van der Waals surface area (Å²) in [6.45, 7) is 10.1. The molecule has 1 heterocycles. The van der Waals surface area contributed by atoms with Crippen LogP contribution in [-0.4, -0.2) is 36.5 Å². The monoisotopic (exact) mass is 366 g/mol. The standard InChI is InChI=1S/C22H30N4O/c1-22(2,3)15-26-13-12-18(14-26)24-17-10-8-16(9-11-17)21(27)25-20-7-5-4-6-19(20)23/h4-11,18,24H,12-15,23H2,1-3H3,(H,25,27). The lowest BCUT2D eigenvalue weighted by Gasteiger charge is -2.26. The van der Waals surface area contributed by atoms with Gasteiger partial charge < -0.3 is 21.3 Å². The molecule has 1 unspecified atom stereocenters. The summed E-state index contributed by atoms with van der Waals surface area (Å²) in [5, 5.41) is 6.44. The first-order valence-corrected chi connectivity index (χ1v) is 9.55. The molecule has 0 aromatic heterocycles. The number of nitrogens with zero attached hydrogens (tertiary/aromatic N) is 1. The summed E-state index contributed by atoms with van der Waals surface area (Å²) in [5.41, 5.74) is 9.07. The molecule has 0 aliphatic carbocycles. The molecular weight excluding hydrogens is 336 g/mol. The summed E-state index contributed by atoms with van der Waals surface area (Å²) in [6.07, 6.45) is 1.14. The van der Waals surface area contributed by atoms with Gasteiger partial charge in [-0.25, -0.2) is 0 Å². The van der Waals surface area contributed by atoms with Gasteiger partial charge in [-0.1, -0.05) is 32.9 Å². The van der Waals surface area contributed by atoms with E-state index in [1.807, 2.05) is 36.4 Å². The van der Waals surface area contributed by atoms with Crippen molar-refractivity contribution < 1.29 is 4.79 Å². The molecule has 0 bridgehead atoms. The van der Waals surface area contributed by atoms with Crippen molar-refractivity contribution in [1.82, 2.24) is 4.90 Å². The SMILES string of the molecule is CC(C)(C)CN1CCC(Nc2ccc(C(=O)Nc3ccccc3N)cc2)C1. The number of para-hydroxylation sites is 2. The highest BCUT2D eigenvalue weighted by molar-refractivity contribution is 6.05. The van der Waals surface area contributed by atoms with E-state index in [0.717, 1.165) is 31.7 Å². The number of carbonyl (C=O) groups excluding carboxylic acids is 1. The van der Waals surface area contributed by atoms with Crippen LogP contribution in [-0.2, 0) is 0 Å². The Kier molecular flexibility index (Phi) is 5.71. The lowest BCUT2D eigenvalue weighted by molar-refractivity contribution is 0.102. The molecule has 0 radical (unpaired) electrons. The molecule has 5 nitrogen and oxygen atoms in total. The second kappa shape index (κ2) is 8.01. The maximum atomic E-state index is 12.4. The molecule has 27 heavy (non-hydrogen) atoms. The van der Waals surface area contributed by atoms with Crippen LogP contribution in [0.3, 0.4) is 0 Å². The molecule has 5 heteroatoms. The Balaban J connectivity index is 1.55. The van der Waals surface area contributed by atoms with Gasteiger partial charge in [-0.05, 0) is 48.2 Å². The van der Waals surface area contributed by atoms with Crippen LogP contribution in [0.1, 0.15) is 37.6 Å². The van der Waals surface area contributed by atoms with Gasteiger partial charge in [0, 0.05) is 36.9 Å². The molecule has 1 saturated heterocycles. The Morgan fingerprint density at radius 3 is 2.52 bits per heavy atom. The maximum Gasteiger partial charge on any atom is 0.255 e. The van der Waals surface area contributed by atoms with Crippen LogP contribution in [0.5, 0.6) is 0 Å². The number of anilines is 3. The van der Waals surface area contributed by atoms with E-state index in [1.165, 1.54) is 0 Å². The van der Waals surface area contributed by atoms with Crippen molar-refractivity contribution in [3.63, 3.8) is 0 Å². The third-order valence-corrected chi connectivity index (χ3v) is 4.70. The van der Waals surface area contributed by atoms with E-state index < -0.39 is 0 Å². The van der Waals surface area contributed by atoms with Crippen molar-refractivity contribution in [3.05, 3.63) is 54.1 Å². The number of hydrogen-bond acceptors (Lipinski definition) is 4. The molecule has 0 spiro atoms. The first-order chi connectivity index (χ1) is 12.8. The lowest BCUT2D eigenvalue weighted by Crippen LogP contribution is -2.32. The molecule has 2 aromatic carbocycles. The number of rotatable bonds is 5. The summed E-state index contributed by atoms with van der Waals surface area (Å²) >= 11 is 0. The third-order valence-electron chi connectivity index (χ3n) is 4.70. The van der Waals surface area contributed by atoms with Gasteiger partial charge in [0.05, 0.1) is 11.4 Å². The van der Waals surface area contributed by atoms with Crippen LogP contribution in [0.4, 0.5) is 17.1 Å². The predicted molar refractivity (Wildman–Crippen MR) is 113 cm³/mol. The van der Waals surface area contributed by atoms with Crippen molar-refractivity contribution in [1.29, 1.82) is 0 Å². The molecule has 1 aliphatic heterocycles. The average Bonchev–Trinajstić information content (AvgIpc) is 3.02. The van der Waals surface area contributed by atoms with E-state index in [4.69, 9.17) is 5.73 Å². The predicted octanol–water partition coefficient (Wildman–Crippen LogP) is 4.05. The molecule has 144 valence electrons. The van der Waals surface area contributed by atoms with Gasteiger partial charge >= 0.3 is 0 Å². The fourth-order valence-corrected chi connectivity index (χ4v) is 3.52. The summed E-state index contributed by atoms with van der Waals surface area (Å²) in [4.78, 5) is 14.9. The third kappa shape index (κ3) is 5.47. The van der Waals surface area contributed by atoms with Gasteiger partial charge in [0.25, 0.3) is 5.91 Å². The summed E-state index contributed by atoms with van der Waals surface area (Å²) in [6, 6.07) is 15.3. The topological polar surface area (TPSA) is 70.4 Å². The Bertz CT molecular complexity index is 780. The van der Waals surface area contributed by atoms with Crippen molar-refractivity contribution in [2.24, 2.45) is 5.41 Å². The van der Waals surface area contributed by atoms with Crippen LogP contribution < -0.4 is 16.4 Å². The number of hydrogen-bond donors (Lipinski definition) is 3. The molecule has 4 N–H and O–H groups in total. The highest BCUT2D eigenvalue weighted by Gasteiger charge is 2.25. The Hall–Kier alpha value is -2.53. The smallest absolute Gasteiger partial charge is 0.255 e. The molecule has 1 amide bonds. The number of carbonyl (C=O) groups is 1. The zero-order valence-electron chi connectivity index (χ0n) is 16.5. The minimum absolute atomic E-state index is 0.156. The van der Waals surface area contributed by atoms with Gasteiger partial charge in [-0.3, -0.25) is 4.79 Å². The first kappa shape index (κ1) is 19.2. The number of likely N-dealkylation sites (tertiary alicyclic amines) is 1. The second-order valence-corrected chi connectivity index (χ2v) is 8.54. The molecule has 1 fully saturated rings. The van der Waals surface area contributed by atoms with E-state index in [0.29, 0.717) is 28.4 Å². The van der Waals surface area contributed by atoms with Crippen LogP contribution in [0.15, 0.2) is 48.5 Å². The number of nitrogens with two attached hydrogens (primary N) is 1. The van der Waals surface area contributed by atoms with Crippen LogP contribution in [0.25, 0.3) is 0 Å². The van der Waals surface area contributed by atoms with Crippen LogP contribution in [0.2, 0.25) is 0 Å². The van der Waals surface area contributed by atoms with Crippen molar-refractivity contribution in [2.45, 2.75) is 33.2 Å². The van der Waals surface area contributed by atoms with E-state index in [-0.39, 0.29) is 5.91 Å². The average molecular weight is 367 g/mol. The van der Waals surface area contributed by atoms with Gasteiger partial charge in [0.2, 0.25) is 0 Å². The quantitative estimate of drug-likeness (QED) is 0.698. The molecule has 0 saturated carbocycles. The van der Waals surface area contributed by atoms with Crippen molar-refractivity contribution in [2.75, 3.05) is 36.0 Å². The van der Waals surface area contributed by atoms with Crippen LogP contribution >= 0.6 is 0 Å². The normalized spacial score (nSPS) is 17.7. The Morgan fingerprint density at radius 1 is 1.15 bits per heavy atom. The van der Waals surface area contributed by atoms with E-state index in [1.54, 1.807) is 12.1 Å². The van der Waals surface area contributed by atoms with E-state index in [2.05, 4.69) is 36.3 Å². The molecule has 1 aliphatic rings.